The minimum atomic E-state index is -0.666. The largest absolute Gasteiger partial charge is 0.485 e. The summed E-state index contributed by atoms with van der Waals surface area (Å²) in [7, 11) is 0. The molecule has 3 aromatic carbocycles. The molecule has 4 aromatic rings. The fourth-order valence-electron chi connectivity index (χ4n) is 4.72. The molecule has 0 bridgehead atoms. The van der Waals surface area contributed by atoms with Gasteiger partial charge in [0.25, 0.3) is 0 Å². The molecule has 0 aliphatic carbocycles. The number of hydrogen-bond acceptors (Lipinski definition) is 7. The van der Waals surface area contributed by atoms with Crippen LogP contribution in [0.4, 0.5) is 9.18 Å². The van der Waals surface area contributed by atoms with Gasteiger partial charge in [0.05, 0.1) is 19.3 Å². The number of benzene rings is 3. The van der Waals surface area contributed by atoms with Crippen molar-refractivity contribution in [3.63, 3.8) is 0 Å². The molecule has 1 unspecified atom stereocenters. The Hall–Kier alpha value is -4.53. The third-order valence-corrected chi connectivity index (χ3v) is 6.49. The molecule has 0 spiro atoms. The van der Waals surface area contributed by atoms with Crippen molar-refractivity contribution in [1.29, 1.82) is 0 Å². The molecule has 0 radical (unpaired) electrons. The number of carbonyl (C=O) groups excluding carboxylic acids is 2. The number of nitrogens with one attached hydrogen (secondary N) is 1. The van der Waals surface area contributed by atoms with E-state index in [1.54, 1.807) is 76.4 Å². The fourth-order valence-corrected chi connectivity index (χ4v) is 4.72. The van der Waals surface area contributed by atoms with E-state index in [1.165, 1.54) is 0 Å². The highest BCUT2D eigenvalue weighted by Crippen LogP contribution is 2.42. The second-order valence-corrected chi connectivity index (χ2v) is 10.7. The molecule has 1 amide bonds. The maximum Gasteiger partial charge on any atom is 0.407 e. The number of carbonyl (C=O) groups is 2. The Balaban J connectivity index is 1.45. The predicted octanol–water partition coefficient (Wildman–Crippen LogP) is 6.88. The van der Waals surface area contributed by atoms with Crippen LogP contribution in [0.15, 0.2) is 65.3 Å². The van der Waals surface area contributed by atoms with Crippen LogP contribution in [0.1, 0.15) is 50.5 Å². The Labute approximate surface area is 237 Å². The van der Waals surface area contributed by atoms with Crippen LogP contribution in [0, 0.1) is 5.82 Å². The monoisotopic (exact) mass is 561 g/mol. The number of ether oxygens (including phenoxy) is 4. The molecule has 9 heteroatoms. The third-order valence-electron chi connectivity index (χ3n) is 6.49. The lowest BCUT2D eigenvalue weighted by Crippen LogP contribution is -2.32. The third kappa shape index (κ3) is 6.29. The lowest BCUT2D eigenvalue weighted by molar-refractivity contribution is -0.142. The molecule has 0 saturated carbocycles. The van der Waals surface area contributed by atoms with Crippen LogP contribution < -0.4 is 14.8 Å². The van der Waals surface area contributed by atoms with E-state index in [2.05, 4.69) is 5.32 Å². The molecule has 1 aliphatic heterocycles. The highest BCUT2D eigenvalue weighted by Gasteiger charge is 2.28. The van der Waals surface area contributed by atoms with Crippen molar-refractivity contribution in [1.82, 2.24) is 5.32 Å². The summed E-state index contributed by atoms with van der Waals surface area (Å²) in [6.45, 7) is 7.50. The topological polar surface area (TPSA) is 96.2 Å². The predicted molar refractivity (Wildman–Crippen MR) is 150 cm³/mol. The molecule has 1 atom stereocenters. The number of alkyl carbamates (subject to hydrolysis) is 1. The maximum absolute atomic E-state index is 15.9. The summed E-state index contributed by atoms with van der Waals surface area (Å²) >= 11 is 0. The molecule has 0 saturated heterocycles. The number of rotatable bonds is 7. The number of esters is 1. The second-order valence-electron chi connectivity index (χ2n) is 10.7. The summed E-state index contributed by atoms with van der Waals surface area (Å²) in [6, 6.07) is 15.9. The van der Waals surface area contributed by atoms with Crippen LogP contribution >= 0.6 is 0 Å². The van der Waals surface area contributed by atoms with Crippen molar-refractivity contribution in [3.05, 3.63) is 83.4 Å². The van der Waals surface area contributed by atoms with Crippen molar-refractivity contribution in [2.45, 2.75) is 52.4 Å². The minimum Gasteiger partial charge on any atom is -0.485 e. The molecule has 5 rings (SSSR count). The lowest BCUT2D eigenvalue weighted by Gasteiger charge is -2.28. The van der Waals surface area contributed by atoms with Gasteiger partial charge >= 0.3 is 12.1 Å². The summed E-state index contributed by atoms with van der Waals surface area (Å²) < 4.78 is 44.4. The quantitative estimate of drug-likeness (QED) is 0.246. The highest BCUT2D eigenvalue weighted by atomic mass is 19.1. The number of amides is 1. The van der Waals surface area contributed by atoms with Gasteiger partial charge in [-0.3, -0.25) is 4.79 Å². The van der Waals surface area contributed by atoms with Gasteiger partial charge in [-0.15, -0.1) is 0 Å². The Morgan fingerprint density at radius 1 is 1.05 bits per heavy atom. The lowest BCUT2D eigenvalue weighted by atomic mass is 9.96. The van der Waals surface area contributed by atoms with Gasteiger partial charge in [0.2, 0.25) is 0 Å². The van der Waals surface area contributed by atoms with Crippen LogP contribution in [-0.4, -0.2) is 30.9 Å². The SMILES string of the molecule is CCOC(=O)Cc1cccc2c1OC(c1cc(-c3cccc(CNC(=O)OC(C)(C)C)c3F)c3occc3c1)CO2. The Kier molecular flexibility index (Phi) is 7.88. The van der Waals surface area contributed by atoms with Crippen LogP contribution in [0.5, 0.6) is 11.5 Å². The van der Waals surface area contributed by atoms with Gasteiger partial charge in [0, 0.05) is 34.2 Å². The van der Waals surface area contributed by atoms with Crippen LogP contribution in [-0.2, 0) is 27.2 Å². The van der Waals surface area contributed by atoms with E-state index in [4.69, 9.17) is 23.4 Å². The van der Waals surface area contributed by atoms with Crippen molar-refractivity contribution in [3.8, 4) is 22.6 Å². The molecule has 41 heavy (non-hydrogen) atoms. The van der Waals surface area contributed by atoms with Gasteiger partial charge in [-0.05, 0) is 57.5 Å². The van der Waals surface area contributed by atoms with E-state index in [0.717, 1.165) is 10.9 Å². The summed E-state index contributed by atoms with van der Waals surface area (Å²) in [6.07, 6.45) is 0.446. The molecule has 1 aliphatic rings. The zero-order valence-electron chi connectivity index (χ0n) is 23.4. The van der Waals surface area contributed by atoms with E-state index < -0.39 is 23.6 Å². The summed E-state index contributed by atoms with van der Waals surface area (Å²) in [5.74, 6) is 0.183. The van der Waals surface area contributed by atoms with Crippen LogP contribution in [0.3, 0.4) is 0 Å². The van der Waals surface area contributed by atoms with Crippen molar-refractivity contribution >= 4 is 23.0 Å². The first-order valence-corrected chi connectivity index (χ1v) is 13.5. The highest BCUT2D eigenvalue weighted by molar-refractivity contribution is 5.93. The number of hydrogen-bond donors (Lipinski definition) is 1. The van der Waals surface area contributed by atoms with E-state index in [1.807, 2.05) is 12.1 Å². The molecule has 8 nitrogen and oxygen atoms in total. The first kappa shape index (κ1) is 28.0. The number of halogens is 1. The van der Waals surface area contributed by atoms with Crippen molar-refractivity contribution < 1.29 is 37.3 Å². The summed E-state index contributed by atoms with van der Waals surface area (Å²) in [5, 5.41) is 3.38. The van der Waals surface area contributed by atoms with Crippen molar-refractivity contribution in [2.75, 3.05) is 13.2 Å². The van der Waals surface area contributed by atoms with E-state index in [0.29, 0.717) is 39.3 Å². The Morgan fingerprint density at radius 2 is 1.83 bits per heavy atom. The summed E-state index contributed by atoms with van der Waals surface area (Å²) in [5.41, 5.74) is 2.41. The van der Waals surface area contributed by atoms with Gasteiger partial charge in [-0.25, -0.2) is 9.18 Å². The number of furan rings is 1. The smallest absolute Gasteiger partial charge is 0.407 e. The molecular weight excluding hydrogens is 529 g/mol. The average Bonchev–Trinajstić information content (AvgIpc) is 3.40. The number of fused-ring (bicyclic) bond motifs is 2. The normalized spacial score (nSPS) is 14.5. The van der Waals surface area contributed by atoms with Gasteiger partial charge in [-0.1, -0.05) is 30.3 Å². The zero-order valence-corrected chi connectivity index (χ0v) is 23.4. The standard InChI is InChI=1S/C32H32FNO7/c1-5-37-27(35)16-19-8-7-11-25-30(19)40-26(18-39-25)22-14-20-12-13-38-29(20)24(15-22)23-10-6-9-21(28(23)33)17-34-31(36)41-32(2,3)4/h6-15,26H,5,16-18H2,1-4H3,(H,34,36). The molecule has 2 heterocycles. The fraction of sp³-hybridized carbons (Fsp3) is 0.312. The van der Waals surface area contributed by atoms with Crippen LogP contribution in [0.2, 0.25) is 0 Å². The van der Waals surface area contributed by atoms with Gasteiger partial charge < -0.3 is 28.7 Å². The Bertz CT molecular complexity index is 1590. The van der Waals surface area contributed by atoms with E-state index in [-0.39, 0.29) is 32.1 Å². The molecule has 1 N–H and O–H groups in total. The minimum absolute atomic E-state index is 0.0465. The van der Waals surface area contributed by atoms with Gasteiger partial charge in [0.1, 0.15) is 23.6 Å². The van der Waals surface area contributed by atoms with Gasteiger partial charge in [0.15, 0.2) is 17.6 Å². The van der Waals surface area contributed by atoms with E-state index in [9.17, 15) is 9.59 Å². The Morgan fingerprint density at radius 3 is 2.61 bits per heavy atom. The molecular formula is C32H32FNO7. The molecule has 1 aromatic heterocycles. The molecule has 0 fully saturated rings. The first-order chi connectivity index (χ1) is 19.6. The van der Waals surface area contributed by atoms with Crippen LogP contribution in [0.25, 0.3) is 22.1 Å². The zero-order chi connectivity index (χ0) is 29.1. The molecule has 214 valence electrons. The van der Waals surface area contributed by atoms with E-state index >= 15 is 4.39 Å². The second kappa shape index (κ2) is 11.5. The van der Waals surface area contributed by atoms with Crippen molar-refractivity contribution in [2.24, 2.45) is 0 Å². The maximum atomic E-state index is 15.9. The number of para-hydroxylation sites is 1. The average molecular weight is 562 g/mol. The first-order valence-electron chi connectivity index (χ1n) is 13.5. The summed E-state index contributed by atoms with van der Waals surface area (Å²) in [4.78, 5) is 24.3. The van der Waals surface area contributed by atoms with Gasteiger partial charge in [-0.2, -0.15) is 0 Å².